The highest BCUT2D eigenvalue weighted by atomic mass is 79.9. The average molecular weight is 584 g/mol. The number of carbonyl (C=O) groups is 1. The van der Waals surface area contributed by atoms with Crippen LogP contribution in [0.4, 0.5) is 16.4 Å². The molecule has 0 spiro atoms. The Kier molecular flexibility index (Phi) is 12.7. The van der Waals surface area contributed by atoms with Crippen LogP contribution in [-0.2, 0) is 23.2 Å². The summed E-state index contributed by atoms with van der Waals surface area (Å²) in [4.78, 5) is 22.2. The van der Waals surface area contributed by atoms with E-state index in [-0.39, 0.29) is 6.61 Å². The molecule has 198 valence electrons. The van der Waals surface area contributed by atoms with E-state index in [0.717, 1.165) is 16.5 Å². The minimum absolute atomic E-state index is 0.234. The summed E-state index contributed by atoms with van der Waals surface area (Å²) in [7, 11) is 0. The summed E-state index contributed by atoms with van der Waals surface area (Å²) in [5, 5.41) is 0.952. The lowest BCUT2D eigenvalue weighted by atomic mass is 10.2. The number of hydrogen-bond donors (Lipinski definition) is 1. The van der Waals surface area contributed by atoms with Crippen molar-refractivity contribution in [3.05, 3.63) is 156 Å². The van der Waals surface area contributed by atoms with Crippen LogP contribution < -0.4 is 10.6 Å². The molecule has 0 atom stereocenters. The van der Waals surface area contributed by atoms with E-state index in [1.807, 2.05) is 103 Å². The van der Waals surface area contributed by atoms with Gasteiger partial charge in [0.1, 0.15) is 18.2 Å². The number of halogens is 1. The third-order valence-corrected chi connectivity index (χ3v) is 5.87. The molecule has 5 aromatic rings. The van der Waals surface area contributed by atoms with E-state index in [4.69, 9.17) is 10.5 Å². The molecule has 0 radical (unpaired) electrons. The highest BCUT2D eigenvalue weighted by Crippen LogP contribution is 2.16. The summed E-state index contributed by atoms with van der Waals surface area (Å²) >= 11 is 3.36. The van der Waals surface area contributed by atoms with Gasteiger partial charge in [-0.3, -0.25) is 4.90 Å². The van der Waals surface area contributed by atoms with Crippen LogP contribution in [0.15, 0.2) is 140 Å². The van der Waals surface area contributed by atoms with Gasteiger partial charge < -0.3 is 10.5 Å². The van der Waals surface area contributed by atoms with Crippen molar-refractivity contribution in [2.24, 2.45) is 0 Å². The van der Waals surface area contributed by atoms with E-state index in [2.05, 4.69) is 38.0 Å². The van der Waals surface area contributed by atoms with Crippen molar-refractivity contribution in [3.8, 4) is 0 Å². The molecule has 7 heteroatoms. The number of nitrogen functional groups attached to an aromatic ring is 1. The number of benzene rings is 3. The van der Waals surface area contributed by atoms with Gasteiger partial charge >= 0.3 is 6.09 Å². The molecule has 0 aliphatic heterocycles. The van der Waals surface area contributed by atoms with Gasteiger partial charge in [0.2, 0.25) is 0 Å². The number of ether oxygens (including phenoxy) is 1. The van der Waals surface area contributed by atoms with Crippen LogP contribution in [0.2, 0.25) is 0 Å². The second-order valence-corrected chi connectivity index (χ2v) is 8.73. The molecule has 2 N–H and O–H groups in total. The van der Waals surface area contributed by atoms with Gasteiger partial charge in [0.15, 0.2) is 0 Å². The number of alkyl halides is 1. The minimum atomic E-state index is -0.415. The summed E-state index contributed by atoms with van der Waals surface area (Å²) in [6.45, 7) is 0.642. The monoisotopic (exact) mass is 582 g/mol. The lowest BCUT2D eigenvalue weighted by Gasteiger charge is -2.21. The van der Waals surface area contributed by atoms with Crippen molar-refractivity contribution in [2.75, 3.05) is 10.6 Å². The highest BCUT2D eigenvalue weighted by Gasteiger charge is 2.18. The molecular formula is C32H31BrN4O2. The molecule has 0 aliphatic carbocycles. The van der Waals surface area contributed by atoms with Crippen LogP contribution in [0.3, 0.4) is 0 Å². The number of hydrogen-bond acceptors (Lipinski definition) is 5. The highest BCUT2D eigenvalue weighted by molar-refractivity contribution is 9.08. The van der Waals surface area contributed by atoms with Crippen molar-refractivity contribution in [1.82, 2.24) is 9.97 Å². The zero-order valence-electron chi connectivity index (χ0n) is 21.5. The van der Waals surface area contributed by atoms with Gasteiger partial charge in [0, 0.05) is 17.7 Å². The normalized spacial score (nSPS) is 9.67. The lowest BCUT2D eigenvalue weighted by molar-refractivity contribution is 0.146. The Morgan fingerprint density at radius 2 is 1.18 bits per heavy atom. The summed E-state index contributed by atoms with van der Waals surface area (Å²) in [6, 6.07) is 40.6. The first kappa shape index (κ1) is 29.1. The molecular weight excluding hydrogens is 552 g/mol. The molecule has 39 heavy (non-hydrogen) atoms. The number of carbonyl (C=O) groups excluding carboxylic acids is 1. The molecule has 1 amide bonds. The summed E-state index contributed by atoms with van der Waals surface area (Å²) in [5.41, 5.74) is 8.54. The van der Waals surface area contributed by atoms with Crippen molar-refractivity contribution in [2.45, 2.75) is 18.5 Å². The maximum atomic E-state index is 12.6. The van der Waals surface area contributed by atoms with Gasteiger partial charge in [0.25, 0.3) is 0 Å². The quantitative estimate of drug-likeness (QED) is 0.208. The maximum absolute atomic E-state index is 12.6. The molecule has 0 aliphatic rings. The van der Waals surface area contributed by atoms with Crippen molar-refractivity contribution in [3.63, 3.8) is 0 Å². The first-order chi connectivity index (χ1) is 19.2. The van der Waals surface area contributed by atoms with Crippen LogP contribution in [0, 0.1) is 0 Å². The van der Waals surface area contributed by atoms with E-state index in [9.17, 15) is 4.79 Å². The van der Waals surface area contributed by atoms with E-state index < -0.39 is 6.09 Å². The first-order valence-corrected chi connectivity index (χ1v) is 13.5. The Morgan fingerprint density at radius 1 is 0.667 bits per heavy atom. The van der Waals surface area contributed by atoms with Crippen molar-refractivity contribution >= 4 is 33.7 Å². The fraction of sp³-hybridized carbons (Fsp3) is 0.0938. The van der Waals surface area contributed by atoms with Crippen molar-refractivity contribution < 1.29 is 9.53 Å². The maximum Gasteiger partial charge on any atom is 0.416 e. The molecule has 0 unspecified atom stereocenters. The number of rotatable bonds is 6. The second kappa shape index (κ2) is 17.1. The SMILES string of the molecule is BrCc1ccccc1.Nc1ccccn1.O=C(OCc1ccccc1)N(Cc1ccccc1)c1ccccn1. The van der Waals surface area contributed by atoms with Crippen LogP contribution in [-0.4, -0.2) is 16.1 Å². The molecule has 0 fully saturated rings. The zero-order chi connectivity index (χ0) is 27.5. The number of pyridine rings is 2. The number of nitrogens with zero attached hydrogens (tertiary/aromatic N) is 3. The van der Waals surface area contributed by atoms with Crippen molar-refractivity contribution in [1.29, 1.82) is 0 Å². The third-order valence-electron chi connectivity index (χ3n) is 5.22. The summed E-state index contributed by atoms with van der Waals surface area (Å²) < 4.78 is 5.46. The number of anilines is 2. The molecule has 0 saturated heterocycles. The molecule has 3 aromatic carbocycles. The van der Waals surface area contributed by atoms with Gasteiger partial charge in [-0.15, -0.1) is 0 Å². The van der Waals surface area contributed by atoms with Gasteiger partial charge in [0.05, 0.1) is 6.54 Å². The van der Waals surface area contributed by atoms with Gasteiger partial charge in [-0.25, -0.2) is 14.8 Å². The van der Waals surface area contributed by atoms with E-state index in [0.29, 0.717) is 18.2 Å². The fourth-order valence-corrected chi connectivity index (χ4v) is 3.63. The minimum Gasteiger partial charge on any atom is -0.444 e. The van der Waals surface area contributed by atoms with Crippen LogP contribution in [0.25, 0.3) is 0 Å². The molecule has 6 nitrogen and oxygen atoms in total. The lowest BCUT2D eigenvalue weighted by Crippen LogP contribution is -2.31. The molecule has 0 saturated carbocycles. The topological polar surface area (TPSA) is 81.3 Å². The molecule has 2 heterocycles. The van der Waals surface area contributed by atoms with Crippen LogP contribution in [0.1, 0.15) is 16.7 Å². The Hall–Kier alpha value is -4.49. The average Bonchev–Trinajstić information content (AvgIpc) is 3.01. The first-order valence-electron chi connectivity index (χ1n) is 12.3. The number of amides is 1. The molecule has 2 aromatic heterocycles. The van der Waals surface area contributed by atoms with Gasteiger partial charge in [-0.1, -0.05) is 119 Å². The Balaban J connectivity index is 0.000000227. The Labute approximate surface area is 238 Å². The second-order valence-electron chi connectivity index (χ2n) is 8.17. The van der Waals surface area contributed by atoms with Gasteiger partial charge in [-0.05, 0) is 41.0 Å². The predicted octanol–water partition coefficient (Wildman–Crippen LogP) is 7.67. The molecule has 5 rings (SSSR count). The van der Waals surface area contributed by atoms with E-state index in [1.165, 1.54) is 10.5 Å². The zero-order valence-corrected chi connectivity index (χ0v) is 23.1. The smallest absolute Gasteiger partial charge is 0.416 e. The number of nitrogens with two attached hydrogens (primary N) is 1. The van der Waals surface area contributed by atoms with E-state index in [1.54, 1.807) is 24.5 Å². The molecule has 0 bridgehead atoms. The summed E-state index contributed by atoms with van der Waals surface area (Å²) in [6.07, 6.45) is 2.91. The summed E-state index contributed by atoms with van der Waals surface area (Å²) in [5.74, 6) is 1.14. The Bertz CT molecular complexity index is 1330. The predicted molar refractivity (Wildman–Crippen MR) is 161 cm³/mol. The van der Waals surface area contributed by atoms with Gasteiger partial charge in [-0.2, -0.15) is 0 Å². The number of aromatic nitrogens is 2. The Morgan fingerprint density at radius 3 is 1.62 bits per heavy atom. The largest absolute Gasteiger partial charge is 0.444 e. The van der Waals surface area contributed by atoms with Crippen LogP contribution >= 0.6 is 15.9 Å². The van der Waals surface area contributed by atoms with E-state index >= 15 is 0 Å². The third kappa shape index (κ3) is 11.2. The van der Waals surface area contributed by atoms with Crippen LogP contribution in [0.5, 0.6) is 0 Å². The standard InChI is InChI=1S/C20H18N2O2.C7H7Br.C5H6N2/c23-20(24-16-18-11-5-2-6-12-18)22(19-13-7-8-14-21-19)15-17-9-3-1-4-10-17;8-6-7-4-2-1-3-5-7;6-5-3-1-2-4-7-5/h1-14H,15-16H2;1-5H,6H2;1-4H,(H2,6,7). The fourth-order valence-electron chi connectivity index (χ4n) is 3.26.